The van der Waals surface area contributed by atoms with Gasteiger partial charge in [0.05, 0.1) is 23.4 Å². The number of hydrogen-bond acceptors (Lipinski definition) is 4. The maximum Gasteiger partial charge on any atom is 0.263 e. The van der Waals surface area contributed by atoms with E-state index in [2.05, 4.69) is 33.2 Å². The monoisotopic (exact) mass is 394 g/mol. The molecule has 0 fully saturated rings. The fourth-order valence-corrected chi connectivity index (χ4v) is 4.17. The predicted octanol–water partition coefficient (Wildman–Crippen LogP) is 4.42. The van der Waals surface area contributed by atoms with E-state index >= 15 is 0 Å². The smallest absolute Gasteiger partial charge is 0.263 e. The summed E-state index contributed by atoms with van der Waals surface area (Å²) in [5, 5.41) is 4.18. The fourth-order valence-electron chi connectivity index (χ4n) is 2.72. The van der Waals surface area contributed by atoms with Crippen LogP contribution < -0.4 is 10.1 Å². The molecule has 4 nitrogen and oxygen atoms in total. The Morgan fingerprint density at radius 2 is 2.35 bits per heavy atom. The van der Waals surface area contributed by atoms with Crippen LogP contribution >= 0.6 is 27.3 Å². The molecule has 1 unspecified atom stereocenters. The number of aryl methyl sites for hydroxylation is 2. The SMILES string of the molecule is CCCc1nc(C)c(C(=O)NC2CCOc3ccc(Br)cc32)s1. The van der Waals surface area contributed by atoms with Gasteiger partial charge in [0.15, 0.2) is 0 Å². The second-order valence-electron chi connectivity index (χ2n) is 5.62. The van der Waals surface area contributed by atoms with Crippen molar-refractivity contribution in [3.8, 4) is 5.75 Å². The van der Waals surface area contributed by atoms with Gasteiger partial charge in [-0.15, -0.1) is 11.3 Å². The standard InChI is InChI=1S/C17H19BrN2O2S/c1-3-4-15-19-10(2)16(23-15)17(21)20-13-7-8-22-14-6-5-11(18)9-12(13)14/h5-6,9,13H,3-4,7-8H2,1-2H3,(H,20,21). The summed E-state index contributed by atoms with van der Waals surface area (Å²) in [6.45, 7) is 4.63. The van der Waals surface area contributed by atoms with Gasteiger partial charge in [0.1, 0.15) is 10.6 Å². The molecule has 122 valence electrons. The minimum absolute atomic E-state index is 0.0279. The molecule has 0 saturated carbocycles. The number of nitrogens with one attached hydrogen (secondary N) is 1. The van der Waals surface area contributed by atoms with Crippen LogP contribution in [0.4, 0.5) is 0 Å². The molecule has 2 aromatic rings. The van der Waals surface area contributed by atoms with Crippen molar-refractivity contribution in [2.75, 3.05) is 6.61 Å². The molecule has 6 heteroatoms. The van der Waals surface area contributed by atoms with Crippen molar-refractivity contribution in [2.24, 2.45) is 0 Å². The Bertz CT molecular complexity index is 729. The molecule has 1 atom stereocenters. The summed E-state index contributed by atoms with van der Waals surface area (Å²) in [5.41, 5.74) is 1.84. The molecule has 0 saturated heterocycles. The van der Waals surface area contributed by atoms with E-state index in [1.54, 1.807) is 0 Å². The molecule has 1 aromatic heterocycles. The highest BCUT2D eigenvalue weighted by Gasteiger charge is 2.25. The van der Waals surface area contributed by atoms with Gasteiger partial charge in [-0.05, 0) is 38.0 Å². The van der Waals surface area contributed by atoms with E-state index in [9.17, 15) is 4.79 Å². The Morgan fingerprint density at radius 1 is 1.52 bits per heavy atom. The highest BCUT2D eigenvalue weighted by molar-refractivity contribution is 9.10. The number of rotatable bonds is 4. The van der Waals surface area contributed by atoms with Gasteiger partial charge in [-0.25, -0.2) is 4.98 Å². The molecule has 1 aromatic carbocycles. The summed E-state index contributed by atoms with van der Waals surface area (Å²) in [5.74, 6) is 0.803. The minimum Gasteiger partial charge on any atom is -0.493 e. The number of halogens is 1. The van der Waals surface area contributed by atoms with Crippen molar-refractivity contribution in [1.82, 2.24) is 10.3 Å². The lowest BCUT2D eigenvalue weighted by Crippen LogP contribution is -2.32. The molecule has 3 rings (SSSR count). The fraction of sp³-hybridized carbons (Fsp3) is 0.412. The molecule has 1 amide bonds. The summed E-state index contributed by atoms with van der Waals surface area (Å²) in [7, 11) is 0. The maximum absolute atomic E-state index is 12.7. The van der Waals surface area contributed by atoms with Crippen LogP contribution in [0, 0.1) is 6.92 Å². The highest BCUT2D eigenvalue weighted by atomic mass is 79.9. The largest absolute Gasteiger partial charge is 0.493 e. The summed E-state index contributed by atoms with van der Waals surface area (Å²) < 4.78 is 6.66. The number of nitrogens with zero attached hydrogens (tertiary/aromatic N) is 1. The van der Waals surface area contributed by atoms with Gasteiger partial charge in [0.2, 0.25) is 0 Å². The minimum atomic E-state index is -0.0415. The zero-order valence-electron chi connectivity index (χ0n) is 13.2. The first-order valence-corrected chi connectivity index (χ1v) is 9.39. The third-order valence-electron chi connectivity index (χ3n) is 3.83. The summed E-state index contributed by atoms with van der Waals surface area (Å²) >= 11 is 4.99. The number of hydrogen-bond donors (Lipinski definition) is 1. The van der Waals surface area contributed by atoms with E-state index in [0.717, 1.165) is 50.6 Å². The molecule has 1 aliphatic rings. The lowest BCUT2D eigenvalue weighted by Gasteiger charge is -2.26. The lowest BCUT2D eigenvalue weighted by atomic mass is 10.0. The predicted molar refractivity (Wildman–Crippen MR) is 95.3 cm³/mol. The first kappa shape index (κ1) is 16.5. The number of ether oxygens (including phenoxy) is 1. The van der Waals surface area contributed by atoms with Crippen LogP contribution in [0.15, 0.2) is 22.7 Å². The normalized spacial score (nSPS) is 16.6. The van der Waals surface area contributed by atoms with Crippen molar-refractivity contribution < 1.29 is 9.53 Å². The van der Waals surface area contributed by atoms with Crippen molar-refractivity contribution in [1.29, 1.82) is 0 Å². The van der Waals surface area contributed by atoms with Gasteiger partial charge >= 0.3 is 0 Å². The Labute approximate surface area is 148 Å². The van der Waals surface area contributed by atoms with Crippen LogP contribution in [-0.4, -0.2) is 17.5 Å². The Hall–Kier alpha value is -1.40. The van der Waals surface area contributed by atoms with Crippen molar-refractivity contribution in [3.05, 3.63) is 43.8 Å². The third kappa shape index (κ3) is 3.58. The third-order valence-corrected chi connectivity index (χ3v) is 5.54. The van der Waals surface area contributed by atoms with Gasteiger partial charge in [-0.3, -0.25) is 4.79 Å². The summed E-state index contributed by atoms with van der Waals surface area (Å²) in [6.07, 6.45) is 2.73. The first-order chi connectivity index (χ1) is 11.1. The number of thiazole rings is 1. The number of carbonyl (C=O) groups excluding carboxylic acids is 1. The molecular formula is C17H19BrN2O2S. The van der Waals surface area contributed by atoms with Gasteiger partial charge in [0, 0.05) is 16.5 Å². The van der Waals surface area contributed by atoms with Crippen LogP contribution in [0.3, 0.4) is 0 Å². The average Bonchev–Trinajstić information content (AvgIpc) is 2.89. The number of benzene rings is 1. The van der Waals surface area contributed by atoms with Gasteiger partial charge in [0.25, 0.3) is 5.91 Å². The Kier molecular flexibility index (Phi) is 5.02. The van der Waals surface area contributed by atoms with E-state index in [1.165, 1.54) is 11.3 Å². The van der Waals surface area contributed by atoms with Crippen LogP contribution in [0.5, 0.6) is 5.75 Å². The van der Waals surface area contributed by atoms with Crippen molar-refractivity contribution >= 4 is 33.2 Å². The Morgan fingerprint density at radius 3 is 3.13 bits per heavy atom. The molecule has 23 heavy (non-hydrogen) atoms. The second-order valence-corrected chi connectivity index (χ2v) is 7.62. The van der Waals surface area contributed by atoms with Crippen LogP contribution in [0.1, 0.15) is 51.7 Å². The summed E-state index contributed by atoms with van der Waals surface area (Å²) in [4.78, 5) is 17.9. The van der Waals surface area contributed by atoms with E-state index < -0.39 is 0 Å². The van der Waals surface area contributed by atoms with Crippen LogP contribution in [0.25, 0.3) is 0 Å². The van der Waals surface area contributed by atoms with E-state index in [0.29, 0.717) is 6.61 Å². The number of carbonyl (C=O) groups is 1. The molecule has 0 aliphatic carbocycles. The van der Waals surface area contributed by atoms with Gasteiger partial charge in [-0.2, -0.15) is 0 Å². The molecule has 1 N–H and O–H groups in total. The molecule has 2 heterocycles. The zero-order valence-corrected chi connectivity index (χ0v) is 15.6. The van der Waals surface area contributed by atoms with Crippen molar-refractivity contribution in [2.45, 2.75) is 39.2 Å². The van der Waals surface area contributed by atoms with Crippen LogP contribution in [0.2, 0.25) is 0 Å². The highest BCUT2D eigenvalue weighted by Crippen LogP contribution is 2.34. The van der Waals surface area contributed by atoms with E-state index in [4.69, 9.17) is 4.74 Å². The maximum atomic E-state index is 12.7. The first-order valence-electron chi connectivity index (χ1n) is 7.78. The van der Waals surface area contributed by atoms with Gasteiger partial charge < -0.3 is 10.1 Å². The summed E-state index contributed by atoms with van der Waals surface area (Å²) in [6, 6.07) is 5.88. The number of aromatic nitrogens is 1. The molecule has 0 bridgehead atoms. The quantitative estimate of drug-likeness (QED) is 0.834. The average molecular weight is 395 g/mol. The van der Waals surface area contributed by atoms with Crippen molar-refractivity contribution in [3.63, 3.8) is 0 Å². The zero-order chi connectivity index (χ0) is 16.4. The van der Waals surface area contributed by atoms with Crippen LogP contribution in [-0.2, 0) is 6.42 Å². The number of fused-ring (bicyclic) bond motifs is 1. The van der Waals surface area contributed by atoms with E-state index in [-0.39, 0.29) is 11.9 Å². The molecular weight excluding hydrogens is 376 g/mol. The second kappa shape index (κ2) is 7.01. The topological polar surface area (TPSA) is 51.2 Å². The Balaban J connectivity index is 1.80. The lowest BCUT2D eigenvalue weighted by molar-refractivity contribution is 0.0928. The molecule has 0 radical (unpaired) electrons. The molecule has 0 spiro atoms. The molecule has 1 aliphatic heterocycles. The number of amides is 1. The van der Waals surface area contributed by atoms with Gasteiger partial charge in [-0.1, -0.05) is 22.9 Å². The van der Waals surface area contributed by atoms with E-state index in [1.807, 2.05) is 25.1 Å².